The van der Waals surface area contributed by atoms with Gasteiger partial charge in [-0.3, -0.25) is 0 Å². The van der Waals surface area contributed by atoms with E-state index in [-0.39, 0.29) is 0 Å². The molecule has 0 aliphatic carbocycles. The molecule has 1 N–H and O–H groups in total. The Bertz CT molecular complexity index is 531. The van der Waals surface area contributed by atoms with Gasteiger partial charge in [0, 0.05) is 21.7 Å². The Hall–Kier alpha value is -0.960. The van der Waals surface area contributed by atoms with E-state index in [1.165, 1.54) is 0 Å². The van der Waals surface area contributed by atoms with Gasteiger partial charge in [-0.05, 0) is 43.7 Å². The van der Waals surface area contributed by atoms with Crippen LogP contribution in [0, 0.1) is 0 Å². The molecule has 1 aromatic carbocycles. The Kier molecular flexibility index (Phi) is 4.92. The van der Waals surface area contributed by atoms with E-state index in [0.717, 1.165) is 30.0 Å². The Morgan fingerprint density at radius 3 is 2.47 bits per heavy atom. The topological polar surface area (TPSA) is 25.2 Å². The zero-order valence-corrected chi connectivity index (χ0v) is 12.6. The van der Waals surface area contributed by atoms with E-state index in [4.69, 9.17) is 27.6 Å². The van der Waals surface area contributed by atoms with Gasteiger partial charge in [0.15, 0.2) is 0 Å². The quantitative estimate of drug-likeness (QED) is 0.826. The summed E-state index contributed by atoms with van der Waals surface area (Å²) in [6.07, 6.45) is 1.09. The molecular formula is C15H17Cl2NO. The maximum Gasteiger partial charge on any atom is 0.134 e. The molecule has 0 aliphatic rings. The van der Waals surface area contributed by atoms with Crippen LogP contribution in [0.4, 0.5) is 0 Å². The number of rotatable bonds is 5. The summed E-state index contributed by atoms with van der Waals surface area (Å²) in [5.74, 6) is 1.69. The van der Waals surface area contributed by atoms with Crippen LogP contribution in [0.1, 0.15) is 26.0 Å². The summed E-state index contributed by atoms with van der Waals surface area (Å²) >= 11 is 12.0. The number of hydrogen-bond acceptors (Lipinski definition) is 2. The van der Waals surface area contributed by atoms with Gasteiger partial charge in [0.05, 0.1) is 6.54 Å². The fourth-order valence-corrected chi connectivity index (χ4v) is 2.27. The highest BCUT2D eigenvalue weighted by Crippen LogP contribution is 2.28. The molecule has 0 fully saturated rings. The second-order valence-corrected chi connectivity index (χ2v) is 5.49. The van der Waals surface area contributed by atoms with E-state index in [2.05, 4.69) is 19.2 Å². The van der Waals surface area contributed by atoms with Crippen molar-refractivity contribution in [1.82, 2.24) is 5.32 Å². The second-order valence-electron chi connectivity index (χ2n) is 4.61. The molecule has 0 spiro atoms. The third kappa shape index (κ3) is 4.00. The Morgan fingerprint density at radius 1 is 1.16 bits per heavy atom. The van der Waals surface area contributed by atoms with E-state index in [1.807, 2.05) is 24.3 Å². The molecule has 1 heterocycles. The predicted molar refractivity (Wildman–Crippen MR) is 80.8 cm³/mol. The largest absolute Gasteiger partial charge is 0.460 e. The average molecular weight is 298 g/mol. The number of hydrogen-bond donors (Lipinski definition) is 1. The van der Waals surface area contributed by atoms with E-state index in [1.54, 1.807) is 6.07 Å². The molecule has 0 bridgehead atoms. The van der Waals surface area contributed by atoms with Crippen molar-refractivity contribution in [1.29, 1.82) is 0 Å². The van der Waals surface area contributed by atoms with Gasteiger partial charge >= 0.3 is 0 Å². The SMILES string of the molecule is CC[C@@H](C)NCc1ccc(-c2cc(Cl)cc(Cl)c2)o1. The van der Waals surface area contributed by atoms with Gasteiger partial charge in [-0.1, -0.05) is 30.1 Å². The smallest absolute Gasteiger partial charge is 0.134 e. The highest BCUT2D eigenvalue weighted by Gasteiger charge is 2.07. The zero-order valence-electron chi connectivity index (χ0n) is 11.0. The van der Waals surface area contributed by atoms with Gasteiger partial charge in [-0.2, -0.15) is 0 Å². The van der Waals surface area contributed by atoms with Crippen molar-refractivity contribution in [2.75, 3.05) is 0 Å². The Labute approximate surface area is 123 Å². The summed E-state index contributed by atoms with van der Waals surface area (Å²) < 4.78 is 5.79. The van der Waals surface area contributed by atoms with Crippen molar-refractivity contribution in [3.8, 4) is 11.3 Å². The summed E-state index contributed by atoms with van der Waals surface area (Å²) in [5.41, 5.74) is 0.896. The lowest BCUT2D eigenvalue weighted by atomic mass is 10.2. The first-order valence-corrected chi connectivity index (χ1v) is 7.12. The van der Waals surface area contributed by atoms with Gasteiger partial charge in [0.2, 0.25) is 0 Å². The Morgan fingerprint density at radius 2 is 1.84 bits per heavy atom. The molecule has 2 aromatic rings. The summed E-state index contributed by atoms with van der Waals surface area (Å²) in [6, 6.07) is 9.79. The van der Waals surface area contributed by atoms with Gasteiger partial charge in [-0.25, -0.2) is 0 Å². The van der Waals surface area contributed by atoms with Crippen LogP contribution < -0.4 is 5.32 Å². The number of halogens is 2. The van der Waals surface area contributed by atoms with Crippen LogP contribution in [0.5, 0.6) is 0 Å². The van der Waals surface area contributed by atoms with Gasteiger partial charge in [-0.15, -0.1) is 0 Å². The lowest BCUT2D eigenvalue weighted by Gasteiger charge is -2.09. The van der Waals surface area contributed by atoms with Crippen LogP contribution in [-0.4, -0.2) is 6.04 Å². The fraction of sp³-hybridized carbons (Fsp3) is 0.333. The fourth-order valence-electron chi connectivity index (χ4n) is 1.74. The highest BCUT2D eigenvalue weighted by atomic mass is 35.5. The van der Waals surface area contributed by atoms with Crippen molar-refractivity contribution >= 4 is 23.2 Å². The minimum atomic E-state index is 0.481. The van der Waals surface area contributed by atoms with Gasteiger partial charge in [0.1, 0.15) is 11.5 Å². The lowest BCUT2D eigenvalue weighted by Crippen LogP contribution is -2.24. The zero-order chi connectivity index (χ0) is 13.8. The number of benzene rings is 1. The molecule has 0 saturated carbocycles. The monoisotopic (exact) mass is 297 g/mol. The highest BCUT2D eigenvalue weighted by molar-refractivity contribution is 6.35. The molecular weight excluding hydrogens is 281 g/mol. The van der Waals surface area contributed by atoms with E-state index < -0.39 is 0 Å². The third-order valence-corrected chi connectivity index (χ3v) is 3.48. The van der Waals surface area contributed by atoms with E-state index in [9.17, 15) is 0 Å². The van der Waals surface area contributed by atoms with Crippen molar-refractivity contribution in [3.05, 3.63) is 46.1 Å². The third-order valence-electron chi connectivity index (χ3n) is 3.05. The van der Waals surface area contributed by atoms with Crippen molar-refractivity contribution in [2.24, 2.45) is 0 Å². The molecule has 2 rings (SSSR count). The number of nitrogens with one attached hydrogen (secondary N) is 1. The molecule has 0 unspecified atom stereocenters. The minimum absolute atomic E-state index is 0.481. The normalized spacial score (nSPS) is 12.6. The standard InChI is InChI=1S/C15H17Cl2NO/c1-3-10(2)18-9-14-4-5-15(19-14)11-6-12(16)8-13(17)7-11/h4-8,10,18H,3,9H2,1-2H3/t10-/m1/s1. The molecule has 1 atom stereocenters. The maximum absolute atomic E-state index is 5.99. The molecule has 0 saturated heterocycles. The minimum Gasteiger partial charge on any atom is -0.460 e. The van der Waals surface area contributed by atoms with Crippen molar-refractivity contribution in [2.45, 2.75) is 32.9 Å². The van der Waals surface area contributed by atoms with E-state index >= 15 is 0 Å². The van der Waals surface area contributed by atoms with Crippen LogP contribution in [0.2, 0.25) is 10.0 Å². The molecule has 1 aromatic heterocycles. The molecule has 0 radical (unpaired) electrons. The van der Waals surface area contributed by atoms with Crippen LogP contribution in [0.15, 0.2) is 34.7 Å². The summed E-state index contributed by atoms with van der Waals surface area (Å²) in [5, 5.41) is 4.61. The number of furan rings is 1. The molecule has 0 amide bonds. The first-order chi connectivity index (χ1) is 9.08. The van der Waals surface area contributed by atoms with Crippen LogP contribution >= 0.6 is 23.2 Å². The molecule has 0 aliphatic heterocycles. The second kappa shape index (κ2) is 6.47. The van der Waals surface area contributed by atoms with Gasteiger partial charge < -0.3 is 9.73 Å². The summed E-state index contributed by atoms with van der Waals surface area (Å²) in [6.45, 7) is 5.03. The maximum atomic E-state index is 5.99. The molecule has 102 valence electrons. The van der Waals surface area contributed by atoms with Crippen molar-refractivity contribution in [3.63, 3.8) is 0 Å². The van der Waals surface area contributed by atoms with Crippen LogP contribution in [0.3, 0.4) is 0 Å². The lowest BCUT2D eigenvalue weighted by molar-refractivity contribution is 0.457. The first-order valence-electron chi connectivity index (χ1n) is 6.37. The van der Waals surface area contributed by atoms with Gasteiger partial charge in [0.25, 0.3) is 0 Å². The Balaban J connectivity index is 2.12. The van der Waals surface area contributed by atoms with Crippen LogP contribution in [0.25, 0.3) is 11.3 Å². The van der Waals surface area contributed by atoms with Crippen LogP contribution in [-0.2, 0) is 6.54 Å². The predicted octanol–water partition coefficient (Wildman–Crippen LogP) is 5.14. The molecule has 4 heteroatoms. The summed E-state index contributed by atoms with van der Waals surface area (Å²) in [4.78, 5) is 0. The van der Waals surface area contributed by atoms with E-state index in [0.29, 0.717) is 16.1 Å². The molecule has 19 heavy (non-hydrogen) atoms. The first kappa shape index (κ1) is 14.4. The van der Waals surface area contributed by atoms with Crippen molar-refractivity contribution < 1.29 is 4.42 Å². The summed E-state index contributed by atoms with van der Waals surface area (Å²) in [7, 11) is 0. The molecule has 2 nitrogen and oxygen atoms in total. The average Bonchev–Trinajstić information content (AvgIpc) is 2.83.